The third-order valence-electron chi connectivity index (χ3n) is 0.0913. The summed E-state index contributed by atoms with van der Waals surface area (Å²) in [6.07, 6.45) is 0. The predicted molar refractivity (Wildman–Crippen MR) is 18.8 cm³/mol. The summed E-state index contributed by atoms with van der Waals surface area (Å²) in [5.41, 5.74) is 0. The van der Waals surface area contributed by atoms with Crippen molar-refractivity contribution in [2.45, 2.75) is 0 Å². The van der Waals surface area contributed by atoms with E-state index in [1.54, 1.807) is 10.8 Å². The van der Waals surface area contributed by atoms with E-state index >= 15 is 0 Å². The maximum Gasteiger partial charge on any atom is 0.149 e. The van der Waals surface area contributed by atoms with E-state index in [1.165, 1.54) is 0 Å². The molecule has 0 aliphatic carbocycles. The van der Waals surface area contributed by atoms with Crippen molar-refractivity contribution in [2.75, 3.05) is 0 Å². The molecule has 0 fully saturated rings. The van der Waals surface area contributed by atoms with Crippen LogP contribution in [0.5, 0.6) is 0 Å². The monoisotopic (exact) mass is 191 g/mol. The third-order valence-corrected chi connectivity index (χ3v) is 0.274. The number of rotatable bonds is 0. The van der Waals surface area contributed by atoms with Crippen LogP contribution < -0.4 is 0 Å². The first-order valence-corrected chi connectivity index (χ1v) is 1.67. The van der Waals surface area contributed by atoms with Crippen LogP contribution in [0.3, 0.4) is 0 Å². The van der Waals surface area contributed by atoms with Gasteiger partial charge in [-0.2, -0.15) is 10.5 Å². The van der Waals surface area contributed by atoms with Crippen molar-refractivity contribution < 1.29 is 22.4 Å². The van der Waals surface area contributed by atoms with Gasteiger partial charge in [-0.25, -0.2) is 0 Å². The number of hydrogen-bond acceptors (Lipinski definition) is 3. The second-order valence-corrected chi connectivity index (χ2v) is 0.854. The van der Waals surface area contributed by atoms with E-state index in [-0.39, 0.29) is 22.4 Å². The molecule has 0 aliphatic heterocycles. The van der Waals surface area contributed by atoms with Gasteiger partial charge in [-0.15, -0.1) is 0 Å². The Kier molecular flexibility index (Phi) is 14.0. The molecule has 6 heavy (non-hydrogen) atoms. The van der Waals surface area contributed by atoms with Crippen molar-refractivity contribution in [3.8, 4) is 10.8 Å². The molecule has 0 amide bonds. The summed E-state index contributed by atoms with van der Waals surface area (Å²) in [7, 11) is 0. The normalized spacial score (nSPS) is 3.67. The molecule has 0 aliphatic rings. The van der Waals surface area contributed by atoms with E-state index in [4.69, 9.17) is 10.5 Å². The minimum absolute atomic E-state index is 0. The standard InChI is InChI=1S/C2N2S.Ag/c3-1-5-2-4;. The second-order valence-electron chi connectivity index (χ2n) is 0.285. The summed E-state index contributed by atoms with van der Waals surface area (Å²) in [6, 6.07) is 0. The Morgan fingerprint density at radius 1 is 1.17 bits per heavy atom. The van der Waals surface area contributed by atoms with Gasteiger partial charge in [-0.3, -0.25) is 0 Å². The van der Waals surface area contributed by atoms with Crippen molar-refractivity contribution in [3.05, 3.63) is 0 Å². The van der Waals surface area contributed by atoms with E-state index in [1.807, 2.05) is 0 Å². The molecule has 0 rings (SSSR count). The molecule has 1 radical (unpaired) electrons. The van der Waals surface area contributed by atoms with Crippen molar-refractivity contribution in [1.82, 2.24) is 0 Å². The summed E-state index contributed by atoms with van der Waals surface area (Å²) >= 11 is 0.574. The SMILES string of the molecule is N#CSC#N.[Ag]. The summed E-state index contributed by atoms with van der Waals surface area (Å²) in [5.74, 6) is 0. The molecule has 0 aromatic rings. The molecule has 0 unspecified atom stereocenters. The molecule has 0 spiro atoms. The first kappa shape index (κ1) is 9.42. The van der Waals surface area contributed by atoms with Gasteiger partial charge in [0.1, 0.15) is 10.8 Å². The van der Waals surface area contributed by atoms with E-state index in [0.29, 0.717) is 11.8 Å². The molecule has 0 bridgehead atoms. The minimum atomic E-state index is 0. The van der Waals surface area contributed by atoms with Gasteiger partial charge in [0.2, 0.25) is 0 Å². The number of thioether (sulfide) groups is 1. The van der Waals surface area contributed by atoms with Crippen LogP contribution in [-0.4, -0.2) is 0 Å². The number of thiocyanates is 2. The fraction of sp³-hybridized carbons (Fsp3) is 0. The van der Waals surface area contributed by atoms with Gasteiger partial charge >= 0.3 is 0 Å². The van der Waals surface area contributed by atoms with Gasteiger partial charge in [0.15, 0.2) is 0 Å². The molecule has 0 N–H and O–H groups in total. The van der Waals surface area contributed by atoms with E-state index in [0.717, 1.165) is 0 Å². The van der Waals surface area contributed by atoms with Gasteiger partial charge in [0, 0.05) is 22.4 Å². The van der Waals surface area contributed by atoms with Gasteiger partial charge < -0.3 is 0 Å². The Hall–Kier alpha value is 0.0703. The van der Waals surface area contributed by atoms with Crippen LogP contribution in [0.1, 0.15) is 0 Å². The van der Waals surface area contributed by atoms with Gasteiger partial charge in [0.05, 0.1) is 11.8 Å². The van der Waals surface area contributed by atoms with Crippen molar-refractivity contribution in [3.63, 3.8) is 0 Å². The van der Waals surface area contributed by atoms with Crippen LogP contribution in [0.25, 0.3) is 0 Å². The second kappa shape index (κ2) is 8.91. The van der Waals surface area contributed by atoms with Crippen LogP contribution in [0.4, 0.5) is 0 Å². The molecule has 0 heterocycles. The van der Waals surface area contributed by atoms with Crippen LogP contribution in [0.2, 0.25) is 0 Å². The fourth-order valence-electron chi connectivity index (χ4n) is 0.0204. The number of nitrogens with zero attached hydrogens (tertiary/aromatic N) is 2. The van der Waals surface area contributed by atoms with Gasteiger partial charge in [-0.05, 0) is 0 Å². The van der Waals surface area contributed by atoms with E-state index < -0.39 is 0 Å². The summed E-state index contributed by atoms with van der Waals surface area (Å²) in [5, 5.41) is 18.3. The quantitative estimate of drug-likeness (QED) is 0.418. The topological polar surface area (TPSA) is 47.6 Å². The maximum atomic E-state index is 7.56. The fourth-order valence-corrected chi connectivity index (χ4v) is 0.0612. The van der Waals surface area contributed by atoms with Gasteiger partial charge in [-0.1, -0.05) is 0 Å². The third kappa shape index (κ3) is 8.95. The predicted octanol–water partition coefficient (Wildman–Crippen LogP) is 0.679. The van der Waals surface area contributed by atoms with Crippen molar-refractivity contribution in [2.24, 2.45) is 0 Å². The van der Waals surface area contributed by atoms with Gasteiger partial charge in [0.25, 0.3) is 0 Å². The van der Waals surface area contributed by atoms with Crippen LogP contribution in [-0.2, 0) is 22.4 Å². The molecule has 4 heteroatoms. The Labute approximate surface area is 55.6 Å². The van der Waals surface area contributed by atoms with Crippen molar-refractivity contribution >= 4 is 11.8 Å². The largest absolute Gasteiger partial charge is 0.184 e. The average molecular weight is 192 g/mol. The minimum Gasteiger partial charge on any atom is -0.184 e. The van der Waals surface area contributed by atoms with Crippen LogP contribution in [0.15, 0.2) is 0 Å². The van der Waals surface area contributed by atoms with Crippen LogP contribution in [0, 0.1) is 21.3 Å². The Bertz CT molecular complexity index is 76.7. The first-order chi connectivity index (χ1) is 2.41. The summed E-state index contributed by atoms with van der Waals surface area (Å²) in [6.45, 7) is 0. The Balaban J connectivity index is 0. The average Bonchev–Trinajstić information content (AvgIpc) is 1.41. The zero-order chi connectivity index (χ0) is 4.12. The number of hydrogen-bond donors (Lipinski definition) is 0. The van der Waals surface area contributed by atoms with E-state index in [9.17, 15) is 0 Å². The Morgan fingerprint density at radius 3 is 1.50 bits per heavy atom. The molecule has 0 atom stereocenters. The summed E-state index contributed by atoms with van der Waals surface area (Å²) in [4.78, 5) is 0. The molecule has 0 aromatic carbocycles. The molecule has 0 saturated heterocycles. The molecular formula is C2AgN2S. The zero-order valence-corrected chi connectivity index (χ0v) is 4.90. The first-order valence-electron chi connectivity index (χ1n) is 0.855. The summed E-state index contributed by atoms with van der Waals surface area (Å²) < 4.78 is 0. The molecule has 0 aromatic heterocycles. The molecule has 2 nitrogen and oxygen atoms in total. The molecule has 35 valence electrons. The van der Waals surface area contributed by atoms with Crippen molar-refractivity contribution in [1.29, 1.82) is 10.5 Å². The maximum absolute atomic E-state index is 7.56. The Morgan fingerprint density at radius 2 is 1.50 bits per heavy atom. The molecular weight excluding hydrogens is 192 g/mol. The van der Waals surface area contributed by atoms with Crippen LogP contribution >= 0.6 is 11.8 Å². The smallest absolute Gasteiger partial charge is 0.149 e. The van der Waals surface area contributed by atoms with E-state index in [2.05, 4.69) is 0 Å². The zero-order valence-electron chi connectivity index (χ0n) is 2.60. The molecule has 0 saturated carbocycles. The number of nitriles is 2.